The Labute approximate surface area is 174 Å². The van der Waals surface area contributed by atoms with Crippen molar-refractivity contribution in [2.24, 2.45) is 0 Å². The third-order valence-corrected chi connectivity index (χ3v) is 4.43. The maximum Gasteiger partial charge on any atom is 0.255 e. The van der Waals surface area contributed by atoms with Gasteiger partial charge in [-0.05, 0) is 60.7 Å². The van der Waals surface area contributed by atoms with E-state index in [9.17, 15) is 4.79 Å². The number of aromatic nitrogens is 3. The number of hydrogen-bond donors (Lipinski definition) is 3. The fourth-order valence-corrected chi connectivity index (χ4v) is 2.89. The third kappa shape index (κ3) is 4.59. The van der Waals surface area contributed by atoms with Crippen LogP contribution in [0.1, 0.15) is 10.4 Å². The minimum atomic E-state index is -0.176. The molecule has 2 heterocycles. The third-order valence-electron chi connectivity index (χ3n) is 4.43. The van der Waals surface area contributed by atoms with Crippen molar-refractivity contribution in [1.82, 2.24) is 15.0 Å². The molecule has 2 aromatic carbocycles. The van der Waals surface area contributed by atoms with Crippen LogP contribution in [0.5, 0.6) is 0 Å². The Kier molecular flexibility index (Phi) is 5.61. The molecule has 0 spiro atoms. The molecule has 0 aliphatic carbocycles. The van der Waals surface area contributed by atoms with E-state index in [-0.39, 0.29) is 5.91 Å². The van der Waals surface area contributed by atoms with E-state index in [0.29, 0.717) is 17.2 Å². The van der Waals surface area contributed by atoms with E-state index in [1.165, 1.54) is 0 Å². The summed E-state index contributed by atoms with van der Waals surface area (Å²) >= 11 is 0. The highest BCUT2D eigenvalue weighted by Crippen LogP contribution is 2.21. The highest BCUT2D eigenvalue weighted by Gasteiger charge is 2.07. The Balaban J connectivity index is 1.48. The second-order valence-corrected chi connectivity index (χ2v) is 6.49. The van der Waals surface area contributed by atoms with E-state index >= 15 is 0 Å². The van der Waals surface area contributed by atoms with Gasteiger partial charge in [-0.25, -0.2) is 9.97 Å². The molecule has 0 atom stereocenters. The monoisotopic (exact) mass is 396 g/mol. The Hall–Kier alpha value is -4.26. The van der Waals surface area contributed by atoms with Crippen LogP contribution in [0, 0.1) is 0 Å². The van der Waals surface area contributed by atoms with Gasteiger partial charge < -0.3 is 16.0 Å². The van der Waals surface area contributed by atoms with Gasteiger partial charge in [0, 0.05) is 53.8 Å². The lowest BCUT2D eigenvalue weighted by Crippen LogP contribution is -2.12. The van der Waals surface area contributed by atoms with Crippen LogP contribution >= 0.6 is 0 Å². The summed E-state index contributed by atoms with van der Waals surface area (Å²) in [5.41, 5.74) is 4.65. The molecule has 0 bridgehead atoms. The summed E-state index contributed by atoms with van der Waals surface area (Å²) in [7, 11) is 1.84. The molecular weight excluding hydrogens is 376 g/mol. The average molecular weight is 396 g/mol. The molecule has 4 rings (SSSR count). The van der Waals surface area contributed by atoms with Gasteiger partial charge >= 0.3 is 0 Å². The van der Waals surface area contributed by atoms with Crippen LogP contribution in [0.25, 0.3) is 11.3 Å². The van der Waals surface area contributed by atoms with E-state index in [4.69, 9.17) is 0 Å². The minimum Gasteiger partial charge on any atom is -0.388 e. The number of carbonyl (C=O) groups excluding carboxylic acids is 1. The zero-order chi connectivity index (χ0) is 20.8. The number of hydrogen-bond acceptors (Lipinski definition) is 6. The predicted molar refractivity (Wildman–Crippen MR) is 119 cm³/mol. The SMILES string of the molecule is CNc1ccc(C(=O)Nc2cccc(Nc3nccc(-c4cccnc4)n3)c2)cc1. The lowest BCUT2D eigenvalue weighted by atomic mass is 10.2. The van der Waals surface area contributed by atoms with E-state index in [2.05, 4.69) is 30.9 Å². The van der Waals surface area contributed by atoms with Crippen LogP contribution in [-0.2, 0) is 0 Å². The number of pyridine rings is 1. The van der Waals surface area contributed by atoms with E-state index < -0.39 is 0 Å². The fraction of sp³-hybridized carbons (Fsp3) is 0.0435. The molecule has 0 radical (unpaired) electrons. The standard InChI is InChI=1S/C23H20N6O/c1-24-18-9-7-16(8-10-18)22(30)27-19-5-2-6-20(14-19)28-23-26-13-11-21(29-23)17-4-3-12-25-15-17/h2-15,24H,1H3,(H,27,30)(H,26,28,29). The first-order valence-electron chi connectivity index (χ1n) is 9.41. The summed E-state index contributed by atoms with van der Waals surface area (Å²) in [6.07, 6.45) is 5.17. The molecule has 30 heavy (non-hydrogen) atoms. The summed E-state index contributed by atoms with van der Waals surface area (Å²) in [6.45, 7) is 0. The van der Waals surface area contributed by atoms with E-state index in [1.807, 2.05) is 61.6 Å². The van der Waals surface area contributed by atoms with Gasteiger partial charge in [0.25, 0.3) is 5.91 Å². The van der Waals surface area contributed by atoms with Crippen molar-refractivity contribution in [2.45, 2.75) is 0 Å². The zero-order valence-corrected chi connectivity index (χ0v) is 16.3. The van der Waals surface area contributed by atoms with Crippen molar-refractivity contribution in [1.29, 1.82) is 0 Å². The number of benzene rings is 2. The minimum absolute atomic E-state index is 0.176. The first-order valence-corrected chi connectivity index (χ1v) is 9.41. The quantitative estimate of drug-likeness (QED) is 0.442. The molecule has 4 aromatic rings. The summed E-state index contributed by atoms with van der Waals surface area (Å²) in [5, 5.41) is 9.12. The van der Waals surface area contributed by atoms with Gasteiger partial charge in [0.15, 0.2) is 0 Å². The lowest BCUT2D eigenvalue weighted by Gasteiger charge is -2.10. The van der Waals surface area contributed by atoms with Crippen molar-refractivity contribution in [2.75, 3.05) is 23.0 Å². The molecule has 7 nitrogen and oxygen atoms in total. The maximum atomic E-state index is 12.5. The molecule has 0 saturated carbocycles. The summed E-state index contributed by atoms with van der Waals surface area (Å²) in [6, 6.07) is 20.3. The van der Waals surface area contributed by atoms with E-state index in [1.54, 1.807) is 30.7 Å². The summed E-state index contributed by atoms with van der Waals surface area (Å²) < 4.78 is 0. The second kappa shape index (κ2) is 8.83. The van der Waals surface area contributed by atoms with Crippen LogP contribution < -0.4 is 16.0 Å². The van der Waals surface area contributed by atoms with Crippen molar-refractivity contribution in [3.8, 4) is 11.3 Å². The Morgan fingerprint density at radius 3 is 2.47 bits per heavy atom. The molecule has 0 aliphatic rings. The highest BCUT2D eigenvalue weighted by atomic mass is 16.1. The molecule has 7 heteroatoms. The first-order chi connectivity index (χ1) is 14.7. The number of amides is 1. The van der Waals surface area contributed by atoms with Crippen molar-refractivity contribution >= 4 is 28.9 Å². The van der Waals surface area contributed by atoms with Gasteiger partial charge in [0.1, 0.15) is 0 Å². The van der Waals surface area contributed by atoms with Gasteiger partial charge in [0.2, 0.25) is 5.95 Å². The maximum absolute atomic E-state index is 12.5. The van der Waals surface area contributed by atoms with Gasteiger partial charge in [-0.3, -0.25) is 9.78 Å². The molecule has 0 fully saturated rings. The molecule has 0 saturated heterocycles. The Morgan fingerprint density at radius 2 is 1.70 bits per heavy atom. The predicted octanol–water partition coefficient (Wildman–Crippen LogP) is 4.58. The van der Waals surface area contributed by atoms with Gasteiger partial charge in [0.05, 0.1) is 5.69 Å². The van der Waals surface area contributed by atoms with Gasteiger partial charge in [-0.2, -0.15) is 0 Å². The fourth-order valence-electron chi connectivity index (χ4n) is 2.89. The van der Waals surface area contributed by atoms with Crippen molar-refractivity contribution in [3.05, 3.63) is 90.9 Å². The van der Waals surface area contributed by atoms with Crippen molar-refractivity contribution in [3.63, 3.8) is 0 Å². The first kappa shape index (κ1) is 19.1. The second-order valence-electron chi connectivity index (χ2n) is 6.49. The van der Waals surface area contributed by atoms with Crippen molar-refractivity contribution < 1.29 is 4.79 Å². The van der Waals surface area contributed by atoms with Gasteiger partial charge in [-0.15, -0.1) is 0 Å². The van der Waals surface area contributed by atoms with Crippen LogP contribution in [0.15, 0.2) is 85.3 Å². The Morgan fingerprint density at radius 1 is 0.867 bits per heavy atom. The smallest absolute Gasteiger partial charge is 0.255 e. The molecule has 0 unspecified atom stereocenters. The number of rotatable bonds is 6. The largest absolute Gasteiger partial charge is 0.388 e. The summed E-state index contributed by atoms with van der Waals surface area (Å²) in [4.78, 5) is 25.4. The molecule has 148 valence electrons. The van der Waals surface area contributed by atoms with Crippen LogP contribution in [0.3, 0.4) is 0 Å². The summed E-state index contributed by atoms with van der Waals surface area (Å²) in [5.74, 6) is 0.284. The number of carbonyl (C=O) groups is 1. The highest BCUT2D eigenvalue weighted by molar-refractivity contribution is 6.04. The number of anilines is 4. The topological polar surface area (TPSA) is 91.8 Å². The molecule has 0 aliphatic heterocycles. The normalized spacial score (nSPS) is 10.3. The zero-order valence-electron chi connectivity index (χ0n) is 16.3. The Bertz CT molecular complexity index is 1150. The van der Waals surface area contributed by atoms with Gasteiger partial charge in [-0.1, -0.05) is 6.07 Å². The number of nitrogens with one attached hydrogen (secondary N) is 3. The molecular formula is C23H20N6O. The number of nitrogens with zero attached hydrogens (tertiary/aromatic N) is 3. The lowest BCUT2D eigenvalue weighted by molar-refractivity contribution is 0.102. The molecule has 3 N–H and O–H groups in total. The molecule has 2 aromatic heterocycles. The van der Waals surface area contributed by atoms with Crippen LogP contribution in [0.2, 0.25) is 0 Å². The van der Waals surface area contributed by atoms with E-state index in [0.717, 1.165) is 22.6 Å². The van der Waals surface area contributed by atoms with Crippen LogP contribution in [0.4, 0.5) is 23.0 Å². The average Bonchev–Trinajstić information content (AvgIpc) is 2.80. The molecule has 1 amide bonds. The van der Waals surface area contributed by atoms with Crippen LogP contribution in [-0.4, -0.2) is 27.9 Å².